The molecule has 0 fully saturated rings. The van der Waals surface area contributed by atoms with Crippen molar-refractivity contribution in [2.45, 2.75) is 0 Å². The number of thiophene rings is 1. The maximum absolute atomic E-state index is 13.8. The lowest BCUT2D eigenvalue weighted by Crippen LogP contribution is -1.99. The quantitative estimate of drug-likeness (QED) is 0.804. The van der Waals surface area contributed by atoms with Crippen molar-refractivity contribution in [2.75, 3.05) is 0 Å². The van der Waals surface area contributed by atoms with Gasteiger partial charge in [-0.25, -0.2) is 18.3 Å². The molecule has 0 aliphatic heterocycles. The van der Waals surface area contributed by atoms with Crippen molar-refractivity contribution >= 4 is 17.3 Å². The molecule has 21 heavy (non-hydrogen) atoms. The van der Waals surface area contributed by atoms with Crippen molar-refractivity contribution in [1.82, 2.24) is 9.78 Å². The van der Waals surface area contributed by atoms with Crippen molar-refractivity contribution < 1.29 is 18.7 Å². The van der Waals surface area contributed by atoms with Crippen LogP contribution in [0.15, 0.2) is 41.9 Å². The monoisotopic (exact) mass is 306 g/mol. The molecular weight excluding hydrogens is 298 g/mol. The summed E-state index contributed by atoms with van der Waals surface area (Å²) in [5.74, 6) is -2.68. The lowest BCUT2D eigenvalue weighted by Gasteiger charge is -2.02. The molecule has 3 aromatic rings. The first kappa shape index (κ1) is 13.4. The van der Waals surface area contributed by atoms with Gasteiger partial charge in [0.05, 0.1) is 4.88 Å². The molecule has 2 heterocycles. The van der Waals surface area contributed by atoms with E-state index in [4.69, 9.17) is 0 Å². The highest BCUT2D eigenvalue weighted by molar-refractivity contribution is 7.13. The zero-order valence-corrected chi connectivity index (χ0v) is 11.3. The second-order valence-electron chi connectivity index (χ2n) is 4.21. The first-order valence-electron chi connectivity index (χ1n) is 5.88. The van der Waals surface area contributed by atoms with Crippen LogP contribution in [-0.4, -0.2) is 20.9 Å². The number of benzene rings is 1. The van der Waals surface area contributed by atoms with Gasteiger partial charge in [-0.15, -0.1) is 11.3 Å². The zero-order valence-electron chi connectivity index (χ0n) is 10.5. The van der Waals surface area contributed by atoms with Crippen molar-refractivity contribution in [3.8, 4) is 16.3 Å². The van der Waals surface area contributed by atoms with Crippen molar-refractivity contribution in [2.24, 2.45) is 0 Å². The molecule has 1 N–H and O–H groups in total. The largest absolute Gasteiger partial charge is 0.478 e. The molecule has 2 aromatic heterocycles. The number of hydrogen-bond acceptors (Lipinski definition) is 3. The normalized spacial score (nSPS) is 10.8. The molecule has 0 saturated carbocycles. The molecule has 0 aliphatic carbocycles. The number of halogens is 2. The summed E-state index contributed by atoms with van der Waals surface area (Å²) in [5, 5.41) is 15.1. The molecule has 0 spiro atoms. The third-order valence-electron chi connectivity index (χ3n) is 2.86. The molecule has 4 nitrogen and oxygen atoms in total. The SMILES string of the molecule is O=C(O)c1cn(-c2ccc(F)cc2F)nc1-c1cccs1. The van der Waals surface area contributed by atoms with Gasteiger partial charge in [0, 0.05) is 12.3 Å². The highest BCUT2D eigenvalue weighted by atomic mass is 32.1. The van der Waals surface area contributed by atoms with E-state index in [1.54, 1.807) is 17.5 Å². The van der Waals surface area contributed by atoms with Crippen LogP contribution in [0.25, 0.3) is 16.3 Å². The zero-order chi connectivity index (χ0) is 15.0. The maximum Gasteiger partial charge on any atom is 0.339 e. The summed E-state index contributed by atoms with van der Waals surface area (Å²) in [6.07, 6.45) is 1.22. The van der Waals surface area contributed by atoms with Gasteiger partial charge in [-0.3, -0.25) is 0 Å². The fraction of sp³-hybridized carbons (Fsp3) is 0. The van der Waals surface area contributed by atoms with Gasteiger partial charge in [0.15, 0.2) is 5.82 Å². The van der Waals surface area contributed by atoms with Crippen molar-refractivity contribution in [3.05, 3.63) is 59.1 Å². The molecule has 1 aromatic carbocycles. The topological polar surface area (TPSA) is 55.1 Å². The predicted octanol–water partition coefficient (Wildman–Crippen LogP) is 3.58. The summed E-state index contributed by atoms with van der Waals surface area (Å²) in [7, 11) is 0. The molecule has 106 valence electrons. The third-order valence-corrected chi connectivity index (χ3v) is 3.73. The van der Waals surface area contributed by atoms with Gasteiger partial charge < -0.3 is 5.11 Å². The van der Waals surface area contributed by atoms with E-state index in [0.717, 1.165) is 16.8 Å². The summed E-state index contributed by atoms with van der Waals surface area (Å²) in [5.41, 5.74) is 0.198. The maximum atomic E-state index is 13.8. The Balaban J connectivity index is 2.17. The van der Waals surface area contributed by atoms with Crippen molar-refractivity contribution in [3.63, 3.8) is 0 Å². The minimum Gasteiger partial charge on any atom is -0.478 e. The Hall–Kier alpha value is -2.54. The highest BCUT2D eigenvalue weighted by Crippen LogP contribution is 2.28. The standard InChI is InChI=1S/C14H8F2N2O2S/c15-8-3-4-11(10(16)6-8)18-7-9(14(19)20)13(17-18)12-2-1-5-21-12/h1-7H,(H,19,20). The first-order valence-corrected chi connectivity index (χ1v) is 6.76. The number of hydrogen-bond donors (Lipinski definition) is 1. The van der Waals surface area contributed by atoms with Gasteiger partial charge >= 0.3 is 5.97 Å². The van der Waals surface area contributed by atoms with E-state index in [1.807, 2.05) is 0 Å². The Morgan fingerprint density at radius 3 is 2.71 bits per heavy atom. The van der Waals surface area contributed by atoms with Gasteiger partial charge in [0.2, 0.25) is 0 Å². The van der Waals surface area contributed by atoms with Gasteiger partial charge in [0.1, 0.15) is 22.8 Å². The molecule has 0 atom stereocenters. The summed E-state index contributed by atoms with van der Waals surface area (Å²) in [4.78, 5) is 12.0. The molecule has 7 heteroatoms. The van der Waals surface area contributed by atoms with Crippen LogP contribution in [0.2, 0.25) is 0 Å². The Kier molecular flexibility index (Phi) is 3.26. The van der Waals surface area contributed by atoms with Crippen LogP contribution in [0.3, 0.4) is 0 Å². The number of aromatic carboxylic acids is 1. The van der Waals surface area contributed by atoms with Crippen LogP contribution >= 0.6 is 11.3 Å². The van der Waals surface area contributed by atoms with Gasteiger partial charge in [-0.2, -0.15) is 5.10 Å². The van der Waals surface area contributed by atoms with Gasteiger partial charge in [-0.05, 0) is 23.6 Å². The van der Waals surface area contributed by atoms with E-state index in [0.29, 0.717) is 4.88 Å². The van der Waals surface area contributed by atoms with Crippen LogP contribution < -0.4 is 0 Å². The van der Waals surface area contributed by atoms with E-state index in [-0.39, 0.29) is 16.9 Å². The predicted molar refractivity (Wildman–Crippen MR) is 73.8 cm³/mol. The molecule has 0 amide bonds. The van der Waals surface area contributed by atoms with Crippen LogP contribution in [-0.2, 0) is 0 Å². The van der Waals surface area contributed by atoms with E-state index in [9.17, 15) is 18.7 Å². The average molecular weight is 306 g/mol. The van der Waals surface area contributed by atoms with E-state index < -0.39 is 17.6 Å². The Bertz CT molecular complexity index is 813. The Morgan fingerprint density at radius 2 is 2.10 bits per heavy atom. The fourth-order valence-electron chi connectivity index (χ4n) is 1.92. The number of carbonyl (C=O) groups is 1. The number of carboxylic acid groups (broad SMARTS) is 1. The number of aromatic nitrogens is 2. The second-order valence-corrected chi connectivity index (χ2v) is 5.16. The molecule has 0 radical (unpaired) electrons. The fourth-order valence-corrected chi connectivity index (χ4v) is 2.64. The van der Waals surface area contributed by atoms with Crippen LogP contribution in [0.5, 0.6) is 0 Å². The molecule has 0 bridgehead atoms. The van der Waals surface area contributed by atoms with E-state index in [2.05, 4.69) is 5.10 Å². The molecule has 3 rings (SSSR count). The minimum absolute atomic E-state index is 0.0123. The van der Waals surface area contributed by atoms with E-state index in [1.165, 1.54) is 23.6 Å². The third kappa shape index (κ3) is 2.43. The van der Waals surface area contributed by atoms with Crippen LogP contribution in [0.1, 0.15) is 10.4 Å². The average Bonchev–Trinajstić information content (AvgIpc) is 3.07. The van der Waals surface area contributed by atoms with Gasteiger partial charge in [0.25, 0.3) is 0 Å². The smallest absolute Gasteiger partial charge is 0.339 e. The summed E-state index contributed by atoms with van der Waals surface area (Å²) in [6, 6.07) is 6.52. The number of nitrogens with zero attached hydrogens (tertiary/aromatic N) is 2. The Morgan fingerprint density at radius 1 is 1.29 bits per heavy atom. The van der Waals surface area contributed by atoms with Crippen molar-refractivity contribution in [1.29, 1.82) is 0 Å². The van der Waals surface area contributed by atoms with Gasteiger partial charge in [-0.1, -0.05) is 6.07 Å². The lowest BCUT2D eigenvalue weighted by molar-refractivity contribution is 0.0697. The highest BCUT2D eigenvalue weighted by Gasteiger charge is 2.19. The number of rotatable bonds is 3. The molecule has 0 aliphatic rings. The van der Waals surface area contributed by atoms with E-state index >= 15 is 0 Å². The molecular formula is C14H8F2N2O2S. The molecule has 0 saturated heterocycles. The van der Waals surface area contributed by atoms with Crippen LogP contribution in [0.4, 0.5) is 8.78 Å². The minimum atomic E-state index is -1.16. The molecule has 0 unspecified atom stereocenters. The summed E-state index contributed by atoms with van der Waals surface area (Å²) in [6.45, 7) is 0. The lowest BCUT2D eigenvalue weighted by atomic mass is 10.2. The first-order chi connectivity index (χ1) is 10.1. The number of carboxylic acids is 1. The summed E-state index contributed by atoms with van der Waals surface area (Å²) >= 11 is 1.33. The summed E-state index contributed by atoms with van der Waals surface area (Å²) < 4.78 is 27.8. The Labute approximate surface area is 121 Å². The second kappa shape index (κ2) is 5.10. The van der Waals surface area contributed by atoms with Crippen LogP contribution in [0, 0.1) is 11.6 Å².